The molecule has 0 aliphatic rings. The Balaban J connectivity index is 2.59. The minimum Gasteiger partial charge on any atom is -0.359 e. The Bertz CT molecular complexity index is 290. The molecule has 76 valence electrons. The molecular weight excluding hydrogens is 174 g/mol. The van der Waals surface area contributed by atoms with Gasteiger partial charge in [0.25, 0.3) is 0 Å². The van der Waals surface area contributed by atoms with Crippen LogP contribution in [0, 0.1) is 0 Å². The number of nitrogens with one attached hydrogen (secondary N) is 1. The van der Waals surface area contributed by atoms with Gasteiger partial charge in [0, 0.05) is 7.05 Å². The summed E-state index contributed by atoms with van der Waals surface area (Å²) in [6, 6.07) is 8.25. The van der Waals surface area contributed by atoms with Crippen molar-refractivity contribution in [3.8, 4) is 0 Å². The fourth-order valence-electron chi connectivity index (χ4n) is 1.39. The molecule has 2 nitrogen and oxygen atoms in total. The molecule has 1 N–H and O–H groups in total. The van der Waals surface area contributed by atoms with E-state index in [9.17, 15) is 4.79 Å². The number of carbonyl (C=O) groups excluding carboxylic acids is 1. The molecule has 1 amide bonds. The molecule has 0 radical (unpaired) electrons. The number of aryl methyl sites for hydroxylation is 1. The van der Waals surface area contributed by atoms with E-state index in [2.05, 4.69) is 24.4 Å². The molecule has 0 bridgehead atoms. The molecule has 0 unspecified atom stereocenters. The van der Waals surface area contributed by atoms with Crippen LogP contribution < -0.4 is 5.32 Å². The summed E-state index contributed by atoms with van der Waals surface area (Å²) in [5, 5.41) is 2.61. The van der Waals surface area contributed by atoms with Crippen LogP contribution in [0.25, 0.3) is 0 Å². The third-order valence-electron chi connectivity index (χ3n) is 2.21. The number of rotatable bonds is 4. The molecule has 2 heteroatoms. The molecule has 0 aliphatic carbocycles. The normalized spacial score (nSPS) is 9.86. The van der Waals surface area contributed by atoms with Crippen molar-refractivity contribution in [1.29, 1.82) is 0 Å². The molecule has 1 rings (SSSR count). The van der Waals surface area contributed by atoms with E-state index in [1.807, 2.05) is 12.1 Å². The number of benzene rings is 1. The fourth-order valence-corrected chi connectivity index (χ4v) is 1.39. The summed E-state index contributed by atoms with van der Waals surface area (Å²) >= 11 is 0. The maximum Gasteiger partial charge on any atom is 0.224 e. The predicted molar refractivity (Wildman–Crippen MR) is 58.2 cm³/mol. The van der Waals surface area contributed by atoms with Crippen LogP contribution in [0.3, 0.4) is 0 Å². The van der Waals surface area contributed by atoms with Crippen LogP contribution >= 0.6 is 0 Å². The molecule has 1 aromatic rings. The summed E-state index contributed by atoms with van der Waals surface area (Å²) in [5.41, 5.74) is 2.41. The molecule has 0 aliphatic heterocycles. The Morgan fingerprint density at radius 1 is 1.21 bits per heavy atom. The van der Waals surface area contributed by atoms with Crippen LogP contribution in [0.1, 0.15) is 24.5 Å². The van der Waals surface area contributed by atoms with E-state index in [0.29, 0.717) is 6.42 Å². The predicted octanol–water partition coefficient (Wildman–Crippen LogP) is 1.93. The first kappa shape index (κ1) is 10.8. The van der Waals surface area contributed by atoms with E-state index in [1.165, 1.54) is 5.56 Å². The van der Waals surface area contributed by atoms with Gasteiger partial charge in [0.05, 0.1) is 6.42 Å². The van der Waals surface area contributed by atoms with E-state index in [4.69, 9.17) is 0 Å². The van der Waals surface area contributed by atoms with E-state index >= 15 is 0 Å². The molecule has 0 spiro atoms. The molecule has 14 heavy (non-hydrogen) atoms. The standard InChI is InChI=1S/C12H17NO/c1-3-4-10-5-7-11(8-6-10)9-12(14)13-2/h5-8H,3-4,9H2,1-2H3,(H,13,14). The van der Waals surface area contributed by atoms with Gasteiger partial charge < -0.3 is 5.32 Å². The molecule has 1 aromatic carbocycles. The lowest BCUT2D eigenvalue weighted by molar-refractivity contribution is -0.119. The maximum atomic E-state index is 11.1. The second kappa shape index (κ2) is 5.43. The van der Waals surface area contributed by atoms with Crippen LogP contribution in [0.15, 0.2) is 24.3 Å². The Morgan fingerprint density at radius 3 is 2.29 bits per heavy atom. The summed E-state index contributed by atoms with van der Waals surface area (Å²) in [5.74, 6) is 0.0632. The fraction of sp³-hybridized carbons (Fsp3) is 0.417. The minimum atomic E-state index is 0.0632. The van der Waals surface area contributed by atoms with E-state index in [0.717, 1.165) is 18.4 Å². The molecule has 0 saturated carbocycles. The second-order valence-corrected chi connectivity index (χ2v) is 3.42. The average molecular weight is 191 g/mol. The van der Waals surface area contributed by atoms with Crippen molar-refractivity contribution < 1.29 is 4.79 Å². The van der Waals surface area contributed by atoms with E-state index < -0.39 is 0 Å². The highest BCUT2D eigenvalue weighted by molar-refractivity contribution is 5.78. The van der Waals surface area contributed by atoms with Gasteiger partial charge in [-0.05, 0) is 17.5 Å². The van der Waals surface area contributed by atoms with Crippen molar-refractivity contribution in [3.63, 3.8) is 0 Å². The van der Waals surface area contributed by atoms with Crippen molar-refractivity contribution >= 4 is 5.91 Å². The van der Waals surface area contributed by atoms with E-state index in [1.54, 1.807) is 7.05 Å². The van der Waals surface area contributed by atoms with Crippen LogP contribution in [0.2, 0.25) is 0 Å². The topological polar surface area (TPSA) is 29.1 Å². The molecular formula is C12H17NO. The molecule has 0 heterocycles. The quantitative estimate of drug-likeness (QED) is 0.774. The molecule has 0 fully saturated rings. The number of hydrogen-bond acceptors (Lipinski definition) is 1. The smallest absolute Gasteiger partial charge is 0.224 e. The average Bonchev–Trinajstić information content (AvgIpc) is 2.21. The van der Waals surface area contributed by atoms with Crippen LogP contribution in [-0.4, -0.2) is 13.0 Å². The van der Waals surface area contributed by atoms with Gasteiger partial charge in [-0.25, -0.2) is 0 Å². The lowest BCUT2D eigenvalue weighted by Crippen LogP contribution is -2.19. The zero-order valence-corrected chi connectivity index (χ0v) is 8.84. The first-order chi connectivity index (χ1) is 6.76. The van der Waals surface area contributed by atoms with Gasteiger partial charge in [-0.3, -0.25) is 4.79 Å². The number of likely N-dealkylation sites (N-methyl/N-ethyl adjacent to an activating group) is 1. The summed E-state index contributed by atoms with van der Waals surface area (Å²) in [7, 11) is 1.66. The highest BCUT2D eigenvalue weighted by Gasteiger charge is 2.00. The number of amides is 1. The highest BCUT2D eigenvalue weighted by atomic mass is 16.1. The Hall–Kier alpha value is -1.31. The van der Waals surface area contributed by atoms with Gasteiger partial charge in [0.15, 0.2) is 0 Å². The van der Waals surface area contributed by atoms with Crippen LogP contribution in [0.5, 0.6) is 0 Å². The minimum absolute atomic E-state index is 0.0632. The SMILES string of the molecule is CCCc1ccc(CC(=O)NC)cc1. The van der Waals surface area contributed by atoms with Crippen molar-refractivity contribution in [2.24, 2.45) is 0 Å². The van der Waals surface area contributed by atoms with Gasteiger partial charge in [0.2, 0.25) is 5.91 Å². The monoisotopic (exact) mass is 191 g/mol. The van der Waals surface area contributed by atoms with Crippen LogP contribution in [0.4, 0.5) is 0 Å². The van der Waals surface area contributed by atoms with Gasteiger partial charge in [-0.1, -0.05) is 37.6 Å². The summed E-state index contributed by atoms with van der Waals surface area (Å²) in [4.78, 5) is 11.1. The van der Waals surface area contributed by atoms with Crippen molar-refractivity contribution in [3.05, 3.63) is 35.4 Å². The Morgan fingerprint density at radius 2 is 1.79 bits per heavy atom. The van der Waals surface area contributed by atoms with Gasteiger partial charge in [-0.15, -0.1) is 0 Å². The molecule has 0 atom stereocenters. The third kappa shape index (κ3) is 3.21. The first-order valence-electron chi connectivity index (χ1n) is 5.04. The second-order valence-electron chi connectivity index (χ2n) is 3.42. The lowest BCUT2D eigenvalue weighted by Gasteiger charge is -2.02. The summed E-state index contributed by atoms with van der Waals surface area (Å²) < 4.78 is 0. The van der Waals surface area contributed by atoms with Gasteiger partial charge in [-0.2, -0.15) is 0 Å². The number of carbonyl (C=O) groups is 1. The van der Waals surface area contributed by atoms with Crippen molar-refractivity contribution in [2.45, 2.75) is 26.2 Å². The zero-order valence-electron chi connectivity index (χ0n) is 8.84. The van der Waals surface area contributed by atoms with E-state index in [-0.39, 0.29) is 5.91 Å². The maximum absolute atomic E-state index is 11.1. The summed E-state index contributed by atoms with van der Waals surface area (Å²) in [6.45, 7) is 2.17. The molecule has 0 saturated heterocycles. The summed E-state index contributed by atoms with van der Waals surface area (Å²) in [6.07, 6.45) is 2.75. The number of hydrogen-bond donors (Lipinski definition) is 1. The van der Waals surface area contributed by atoms with Gasteiger partial charge >= 0.3 is 0 Å². The van der Waals surface area contributed by atoms with Crippen LogP contribution in [-0.2, 0) is 17.6 Å². The van der Waals surface area contributed by atoms with Gasteiger partial charge in [0.1, 0.15) is 0 Å². The largest absolute Gasteiger partial charge is 0.359 e. The van der Waals surface area contributed by atoms with Crippen molar-refractivity contribution in [1.82, 2.24) is 5.32 Å². The molecule has 0 aromatic heterocycles. The van der Waals surface area contributed by atoms with Crippen molar-refractivity contribution in [2.75, 3.05) is 7.05 Å². The Kier molecular flexibility index (Phi) is 4.17. The Labute approximate surface area is 85.3 Å². The lowest BCUT2D eigenvalue weighted by atomic mass is 10.1. The first-order valence-corrected chi connectivity index (χ1v) is 5.04. The third-order valence-corrected chi connectivity index (χ3v) is 2.21. The zero-order chi connectivity index (χ0) is 10.4. The highest BCUT2D eigenvalue weighted by Crippen LogP contribution is 2.07.